The number of carbonyl (C=O) groups excluding carboxylic acids is 3. The Kier molecular flexibility index (Phi) is 20.2. The highest BCUT2D eigenvalue weighted by Crippen LogP contribution is 2.55. The molecule has 3 aliphatic heterocycles. The number of amides is 3. The Hall–Kier alpha value is -9.63. The first-order valence-electron chi connectivity index (χ1n) is 29.4. The molecule has 0 radical (unpaired) electrons. The van der Waals surface area contributed by atoms with Gasteiger partial charge in [-0.25, -0.2) is 24.9 Å². The lowest BCUT2D eigenvalue weighted by Crippen LogP contribution is -2.29. The summed E-state index contributed by atoms with van der Waals surface area (Å²) >= 11 is 21.6. The van der Waals surface area contributed by atoms with Crippen LogP contribution in [-0.4, -0.2) is 97.9 Å². The first-order valence-corrected chi connectivity index (χ1v) is 31.4. The van der Waals surface area contributed by atoms with Crippen LogP contribution in [-0.2, 0) is 30.6 Å². The Morgan fingerprint density at radius 2 is 0.870 bits per heavy atom. The summed E-state index contributed by atoms with van der Waals surface area (Å²) in [6.45, 7) is 0. The third-order valence-electron chi connectivity index (χ3n) is 16.2. The summed E-state index contributed by atoms with van der Waals surface area (Å²) in [5.74, 6) is 0.497. The second kappa shape index (κ2) is 28.2. The average Bonchev–Trinajstić information content (AvgIpc) is 1.60. The molecule has 3 aliphatic carbocycles. The van der Waals surface area contributed by atoms with Crippen molar-refractivity contribution in [2.45, 2.75) is 73.7 Å². The number of hydrogen-bond acceptors (Lipinski definition) is 19. The maximum absolute atomic E-state index is 13.3. The van der Waals surface area contributed by atoms with Crippen molar-refractivity contribution < 1.29 is 88.7 Å². The number of nitrogens with zero attached hydrogens (tertiary/aromatic N) is 5. The predicted molar refractivity (Wildman–Crippen MR) is 356 cm³/mol. The lowest BCUT2D eigenvalue weighted by atomic mass is 9.82. The number of methoxy groups -OCH3 is 2. The minimum atomic E-state index is -3.72. The molecule has 0 atom stereocenters. The van der Waals surface area contributed by atoms with Crippen LogP contribution in [0.1, 0.15) is 55.2 Å². The van der Waals surface area contributed by atoms with Crippen LogP contribution < -0.4 is 64.9 Å². The highest BCUT2D eigenvalue weighted by molar-refractivity contribution is 9.10. The lowest BCUT2D eigenvalue weighted by molar-refractivity contribution is -0.287. The van der Waals surface area contributed by atoms with Gasteiger partial charge in [0.25, 0.3) is 0 Å². The van der Waals surface area contributed by atoms with E-state index in [2.05, 4.69) is 90.2 Å². The van der Waals surface area contributed by atoms with Gasteiger partial charge < -0.3 is 68.9 Å². The molecule has 15 rings (SSSR count). The second-order valence-corrected chi connectivity index (χ2v) is 24.6. The van der Waals surface area contributed by atoms with E-state index in [4.69, 9.17) is 54.3 Å². The van der Waals surface area contributed by atoms with Crippen LogP contribution in [0.3, 0.4) is 0 Å². The summed E-state index contributed by atoms with van der Waals surface area (Å²) in [6, 6.07) is 32.2. The van der Waals surface area contributed by atoms with Gasteiger partial charge in [-0.3, -0.25) is 19.2 Å². The molecular weight excluding hydrogens is 1480 g/mol. The highest BCUT2D eigenvalue weighted by atomic mass is 79.9. The van der Waals surface area contributed by atoms with E-state index in [1.54, 1.807) is 85.1 Å². The van der Waals surface area contributed by atoms with E-state index in [9.17, 15) is 45.5 Å². The molecule has 0 bridgehead atoms. The number of H-pyrrole nitrogens is 1. The van der Waals surface area contributed by atoms with Crippen molar-refractivity contribution in [2.75, 3.05) is 30.2 Å². The van der Waals surface area contributed by atoms with Gasteiger partial charge in [0.1, 0.15) is 22.1 Å². The predicted octanol–water partition coefficient (Wildman–Crippen LogP) is 12.6. The molecule has 6 N–H and O–H groups in total. The molecule has 0 saturated heterocycles. The summed E-state index contributed by atoms with van der Waals surface area (Å²) < 4.78 is 117. The number of carbonyl (C=O) groups is 3. The molecule has 3 saturated carbocycles. The van der Waals surface area contributed by atoms with Crippen molar-refractivity contribution in [1.82, 2.24) is 29.9 Å². The van der Waals surface area contributed by atoms with Crippen molar-refractivity contribution in [3.8, 4) is 68.8 Å². The molecule has 3 aromatic carbocycles. The molecule has 9 heterocycles. The van der Waals surface area contributed by atoms with Gasteiger partial charge in [-0.15, -0.1) is 38.7 Å². The van der Waals surface area contributed by atoms with Gasteiger partial charge in [-0.05, 0) is 162 Å². The van der Waals surface area contributed by atoms with Crippen LogP contribution in [0.5, 0.6) is 46.3 Å². The summed E-state index contributed by atoms with van der Waals surface area (Å²) in [5.41, 5.74) is 1.40. The molecule has 23 nitrogen and oxygen atoms in total. The van der Waals surface area contributed by atoms with E-state index >= 15 is 0 Å². The number of aromatic amines is 1. The van der Waals surface area contributed by atoms with Crippen molar-refractivity contribution in [2.24, 2.45) is 0 Å². The minimum absolute atomic E-state index is 0. The van der Waals surface area contributed by atoms with E-state index < -0.39 is 42.2 Å². The Labute approximate surface area is 591 Å². The zero-order chi connectivity index (χ0) is 70.4. The van der Waals surface area contributed by atoms with E-state index in [1.165, 1.54) is 75.1 Å². The summed E-state index contributed by atoms with van der Waals surface area (Å²) in [5, 5.41) is 26.8. The third kappa shape index (κ3) is 15.7. The van der Waals surface area contributed by atoms with Crippen molar-refractivity contribution in [1.29, 1.82) is 0 Å². The molecule has 6 aromatic heterocycles. The summed E-state index contributed by atoms with van der Waals surface area (Å²) in [7, 11) is 1.55. The number of anilines is 3. The van der Waals surface area contributed by atoms with Gasteiger partial charge >= 0.3 is 26.0 Å². The number of fused-ring (bicyclic) bond motifs is 3. The second-order valence-electron chi connectivity index (χ2n) is 22.7. The third-order valence-corrected chi connectivity index (χ3v) is 17.9. The van der Waals surface area contributed by atoms with Crippen molar-refractivity contribution in [3.05, 3.63) is 193 Å². The fraction of sp³-hybridized carbons (Fsp3) is 0.215. The van der Waals surface area contributed by atoms with Crippen LogP contribution in [0.2, 0.25) is 15.1 Å². The molecule has 0 spiro atoms. The Morgan fingerprint density at radius 3 is 1.21 bits per heavy atom. The zero-order valence-electron chi connectivity index (χ0n) is 51.4. The van der Waals surface area contributed by atoms with Gasteiger partial charge in [-0.2, -0.15) is 0 Å². The van der Waals surface area contributed by atoms with Gasteiger partial charge in [0.15, 0.2) is 34.5 Å². The smallest absolute Gasteiger partial charge is 0.481 e. The molecule has 100 heavy (non-hydrogen) atoms. The summed E-state index contributed by atoms with van der Waals surface area (Å²) in [6.07, 6.45) is -3.27. The first-order chi connectivity index (χ1) is 47.1. The van der Waals surface area contributed by atoms with Gasteiger partial charge in [0.05, 0.1) is 56.9 Å². The van der Waals surface area contributed by atoms with E-state index in [1.807, 2.05) is 0 Å². The number of benzene rings is 3. The Bertz CT molecular complexity index is 4680. The maximum Gasteiger partial charge on any atom is 0.586 e. The fourth-order valence-electron chi connectivity index (χ4n) is 10.5. The van der Waals surface area contributed by atoms with E-state index in [0.717, 1.165) is 0 Å². The number of nitrogens with one attached hydrogen (secondary N) is 4. The average molecular weight is 1530 g/mol. The van der Waals surface area contributed by atoms with Crippen LogP contribution >= 0.6 is 63.1 Å². The number of pyridine rings is 6. The molecule has 518 valence electrons. The van der Waals surface area contributed by atoms with Crippen LogP contribution in [0, 0.1) is 0 Å². The van der Waals surface area contributed by atoms with Crippen LogP contribution in [0.15, 0.2) is 155 Å². The van der Waals surface area contributed by atoms with Gasteiger partial charge in [-0.1, -0.05) is 59.1 Å². The highest BCUT2D eigenvalue weighted by Gasteiger charge is 2.56. The molecule has 0 unspecified atom stereocenters. The molecule has 9 aromatic rings. The Balaban J connectivity index is 0.000000141. The topological polar surface area (TPSA) is 299 Å². The van der Waals surface area contributed by atoms with Gasteiger partial charge in [0, 0.05) is 47.3 Å². The Morgan fingerprint density at radius 1 is 0.500 bits per heavy atom. The maximum atomic E-state index is 13.3. The van der Waals surface area contributed by atoms with Crippen molar-refractivity contribution >= 4 is 111 Å². The zero-order valence-corrected chi connectivity index (χ0v) is 56.1. The molecule has 6 aliphatic rings. The number of rotatable bonds is 14. The molecule has 3 fully saturated rings. The summed E-state index contributed by atoms with van der Waals surface area (Å²) in [4.78, 5) is 73.6. The SMILES string of the molecule is COc1ccc(-c2nc(NC(=O)C3(c4ccc5c(c4)OC(F)(F)O5)CC3)ccc2Cl)cn1.COc1ccc(B(O)O)cn1.Cl.O=C(Nc1ccc(Cl)c(-c2ccc(=O)[nH]c2)n1)C1(c2ccc3c(c2)OC(F)(F)O3)CC1.O=C(Nc1ccc(Cl)c(Br)n1)C1(c2ccc3c(c2)OC(F)(F)O3)CC1. The quantitative estimate of drug-likeness (QED) is 0.0335. The van der Waals surface area contributed by atoms with Gasteiger partial charge in [0.2, 0.25) is 35.0 Å². The number of aromatic nitrogens is 6. The normalized spacial score (nSPS) is 16.5. The molecular formula is C65H49BBrCl4F6N9O14. The number of hydrogen-bond donors (Lipinski definition) is 6. The fourth-order valence-corrected chi connectivity index (χ4v) is 11.4. The first kappa shape index (κ1) is 71.7. The number of alkyl halides is 6. The standard InChI is InChI=1S/C22H16ClF2N3O4.C21H14ClF2N3O4.C16H10BrClF2N2O3.C6H8BNO3.ClH/c1-30-18-7-2-12(11-26-18)19-14(23)4-6-17(27-19)28-20(29)21(8-9-21)13-3-5-15-16(10-13)32-22(24,25)31-15;22-13-3-5-16(26-18(13)11-1-6-17(28)25-10-11)27-19(29)20(7-8-20)12-2-4-14-15(9-12)31-21(23,24)30-14;17-13-9(18)2-4-12(21-13)22-14(23)15(5-6-15)8-1-3-10-11(7-8)25-16(19,20)24-10;1-11-6-3-2-5(4-8-6)7(9)10;/h2-7,10-11H,8-9H2,1H3,(H,27,28,29);1-6,9-10H,7-8H2,(H,25,28)(H,26,27,29);1-4,7H,5-6H2,(H,21,22,23);2-4,9-10H,1H3;1H. The largest absolute Gasteiger partial charge is 0.586 e. The lowest BCUT2D eigenvalue weighted by Gasteiger charge is -2.16. The molecule has 3 amide bonds. The van der Waals surface area contributed by atoms with E-state index in [0.29, 0.717) is 126 Å². The van der Waals surface area contributed by atoms with E-state index in [-0.39, 0.29) is 76.0 Å². The number of ether oxygens (including phenoxy) is 8. The van der Waals surface area contributed by atoms with Crippen LogP contribution in [0.4, 0.5) is 43.8 Å². The molecule has 35 heteroatoms. The van der Waals surface area contributed by atoms with Crippen molar-refractivity contribution in [3.63, 3.8) is 0 Å². The monoisotopic (exact) mass is 1520 g/mol. The number of halogens is 11. The minimum Gasteiger partial charge on any atom is -0.481 e. The van der Waals surface area contributed by atoms with Crippen LogP contribution in [0.25, 0.3) is 22.5 Å².